The molecule has 1 aromatic carbocycles. The van der Waals surface area contributed by atoms with Crippen LogP contribution in [-0.2, 0) is 14.3 Å². The quantitative estimate of drug-likeness (QED) is 0.319. The van der Waals surface area contributed by atoms with Gasteiger partial charge in [0.15, 0.2) is 0 Å². The van der Waals surface area contributed by atoms with Crippen molar-refractivity contribution in [1.82, 2.24) is 10.3 Å². The number of aryl methyl sites for hydroxylation is 1. The van der Waals surface area contributed by atoms with Crippen molar-refractivity contribution in [2.45, 2.75) is 13.8 Å². The number of H-pyrrole nitrogens is 1. The van der Waals surface area contributed by atoms with Crippen molar-refractivity contribution in [2.75, 3.05) is 26.9 Å². The molecule has 2 N–H and O–H groups in total. The van der Waals surface area contributed by atoms with Crippen molar-refractivity contribution in [3.8, 4) is 11.1 Å². The van der Waals surface area contributed by atoms with Gasteiger partial charge in [-0.1, -0.05) is 18.2 Å². The normalized spacial score (nSPS) is 10.5. The van der Waals surface area contributed by atoms with Crippen LogP contribution in [0.3, 0.4) is 0 Å². The highest BCUT2D eigenvalue weighted by Gasteiger charge is 2.30. The van der Waals surface area contributed by atoms with Crippen molar-refractivity contribution in [3.63, 3.8) is 0 Å². The number of carbonyl (C=O) groups excluding carboxylic acids is 3. The second-order valence-electron chi connectivity index (χ2n) is 5.65. The van der Waals surface area contributed by atoms with Gasteiger partial charge in [-0.3, -0.25) is 9.59 Å². The Kier molecular flexibility index (Phi) is 6.84. The first-order valence-electron chi connectivity index (χ1n) is 8.38. The van der Waals surface area contributed by atoms with Gasteiger partial charge < -0.3 is 19.8 Å². The second-order valence-corrected chi connectivity index (χ2v) is 5.65. The molecule has 0 saturated carbocycles. The molecule has 0 atom stereocenters. The number of halogens is 1. The maximum absolute atomic E-state index is 14.4. The van der Waals surface area contributed by atoms with E-state index in [1.54, 1.807) is 19.9 Å². The highest BCUT2D eigenvalue weighted by Crippen LogP contribution is 2.33. The third-order valence-electron chi connectivity index (χ3n) is 3.84. The van der Waals surface area contributed by atoms with Crippen molar-refractivity contribution >= 4 is 17.7 Å². The summed E-state index contributed by atoms with van der Waals surface area (Å²) in [5.41, 5.74) is 0.194. The lowest BCUT2D eigenvalue weighted by atomic mass is 9.98. The Morgan fingerprint density at radius 2 is 1.93 bits per heavy atom. The number of rotatable bonds is 8. The first kappa shape index (κ1) is 20.3. The van der Waals surface area contributed by atoms with Crippen molar-refractivity contribution in [2.24, 2.45) is 0 Å². The fourth-order valence-electron chi connectivity index (χ4n) is 2.65. The minimum atomic E-state index is -0.914. The van der Waals surface area contributed by atoms with Crippen molar-refractivity contribution < 1.29 is 28.2 Å². The highest BCUT2D eigenvalue weighted by atomic mass is 19.1. The van der Waals surface area contributed by atoms with Crippen molar-refractivity contribution in [3.05, 3.63) is 47.0 Å². The predicted octanol–water partition coefficient (Wildman–Crippen LogP) is 2.25. The van der Waals surface area contributed by atoms with Gasteiger partial charge in [-0.2, -0.15) is 0 Å². The molecule has 0 spiro atoms. The molecular weight excluding hydrogens is 355 g/mol. The van der Waals surface area contributed by atoms with E-state index in [1.807, 2.05) is 0 Å². The summed E-state index contributed by atoms with van der Waals surface area (Å²) in [6, 6.07) is 5.70. The van der Waals surface area contributed by atoms with Crippen LogP contribution in [0.4, 0.5) is 4.39 Å². The maximum atomic E-state index is 14.4. The highest BCUT2D eigenvalue weighted by molar-refractivity contribution is 6.43. The Morgan fingerprint density at radius 3 is 2.56 bits per heavy atom. The monoisotopic (exact) mass is 376 g/mol. The first-order valence-corrected chi connectivity index (χ1v) is 8.38. The number of ether oxygens (including phenoxy) is 2. The van der Waals surface area contributed by atoms with Gasteiger partial charge in [0.25, 0.3) is 11.7 Å². The molecule has 0 saturated heterocycles. The zero-order valence-corrected chi connectivity index (χ0v) is 15.3. The van der Waals surface area contributed by atoms with Crippen LogP contribution >= 0.6 is 0 Å². The largest absolute Gasteiger partial charge is 0.462 e. The van der Waals surface area contributed by atoms with Crippen LogP contribution in [0.15, 0.2) is 24.3 Å². The van der Waals surface area contributed by atoms with E-state index in [0.717, 1.165) is 0 Å². The number of Topliss-reactive ketones (excluding diaryl/α,β-unsaturated/α-hetero) is 1. The van der Waals surface area contributed by atoms with Crippen LogP contribution < -0.4 is 5.32 Å². The number of ketones is 1. The lowest BCUT2D eigenvalue weighted by Gasteiger charge is -2.09. The van der Waals surface area contributed by atoms with Crippen LogP contribution in [0.2, 0.25) is 0 Å². The lowest BCUT2D eigenvalue weighted by Crippen LogP contribution is -2.33. The SMILES string of the molecule is CCOC(=O)c1c(C)[nH]c(C(=O)C(=O)NCCOC)c1-c1ccccc1F. The molecule has 0 unspecified atom stereocenters. The van der Waals surface area contributed by atoms with E-state index >= 15 is 0 Å². The Bertz CT molecular complexity index is 860. The van der Waals surface area contributed by atoms with Gasteiger partial charge in [-0.25, -0.2) is 9.18 Å². The molecule has 1 aromatic heterocycles. The summed E-state index contributed by atoms with van der Waals surface area (Å²) in [7, 11) is 1.46. The van der Waals surface area contributed by atoms with Crippen molar-refractivity contribution in [1.29, 1.82) is 0 Å². The number of esters is 1. The van der Waals surface area contributed by atoms with Gasteiger partial charge in [-0.15, -0.1) is 0 Å². The molecule has 27 heavy (non-hydrogen) atoms. The van der Waals surface area contributed by atoms with Gasteiger partial charge >= 0.3 is 5.97 Å². The van der Waals surface area contributed by atoms with Crippen LogP contribution in [0, 0.1) is 12.7 Å². The molecule has 0 radical (unpaired) electrons. The molecule has 8 heteroatoms. The van der Waals surface area contributed by atoms with Gasteiger partial charge in [0, 0.05) is 30.5 Å². The molecule has 2 rings (SSSR count). The number of amides is 1. The molecule has 7 nitrogen and oxygen atoms in total. The van der Waals surface area contributed by atoms with Crippen LogP contribution in [0.1, 0.15) is 33.5 Å². The molecule has 0 fully saturated rings. The zero-order chi connectivity index (χ0) is 20.0. The average Bonchev–Trinajstić information content (AvgIpc) is 2.98. The van der Waals surface area contributed by atoms with Gasteiger partial charge in [0.2, 0.25) is 0 Å². The first-order chi connectivity index (χ1) is 12.9. The lowest BCUT2D eigenvalue weighted by molar-refractivity contribution is -0.117. The molecule has 1 amide bonds. The number of hydrogen-bond acceptors (Lipinski definition) is 5. The zero-order valence-electron chi connectivity index (χ0n) is 15.3. The summed E-state index contributed by atoms with van der Waals surface area (Å²) in [4.78, 5) is 39.9. The van der Waals surface area contributed by atoms with E-state index in [0.29, 0.717) is 5.69 Å². The molecule has 0 bridgehead atoms. The number of aromatic nitrogens is 1. The molecule has 2 aromatic rings. The number of aromatic amines is 1. The standard InChI is InChI=1S/C19H21FN2O5/c1-4-27-19(25)14-11(2)22-16(17(23)18(24)21-9-10-26-3)15(14)12-7-5-6-8-13(12)20/h5-8,22H,4,9-10H2,1-3H3,(H,21,24). The van der Waals surface area contributed by atoms with Crippen LogP contribution in [0.25, 0.3) is 11.1 Å². The van der Waals surface area contributed by atoms with Gasteiger partial charge in [-0.05, 0) is 19.9 Å². The number of hydrogen-bond donors (Lipinski definition) is 2. The Morgan fingerprint density at radius 1 is 1.22 bits per heavy atom. The van der Waals surface area contributed by atoms with Crippen LogP contribution in [-0.4, -0.2) is 49.5 Å². The fraction of sp³-hybridized carbons (Fsp3) is 0.316. The third-order valence-corrected chi connectivity index (χ3v) is 3.84. The van der Waals surface area contributed by atoms with Gasteiger partial charge in [0.05, 0.1) is 18.8 Å². The molecule has 0 aliphatic carbocycles. The molecule has 0 aliphatic rings. The predicted molar refractivity (Wildman–Crippen MR) is 96.1 cm³/mol. The number of methoxy groups -OCH3 is 1. The summed E-state index contributed by atoms with van der Waals surface area (Å²) in [5.74, 6) is -3.14. The number of carbonyl (C=O) groups is 3. The van der Waals surface area contributed by atoms with E-state index < -0.39 is 23.5 Å². The molecular formula is C19H21FN2O5. The van der Waals surface area contributed by atoms with E-state index in [9.17, 15) is 18.8 Å². The number of nitrogens with one attached hydrogen (secondary N) is 2. The van der Waals surface area contributed by atoms with Crippen LogP contribution in [0.5, 0.6) is 0 Å². The fourth-order valence-corrected chi connectivity index (χ4v) is 2.65. The minimum absolute atomic E-state index is 0.0101. The second kappa shape index (κ2) is 9.09. The maximum Gasteiger partial charge on any atom is 0.340 e. The van der Waals surface area contributed by atoms with E-state index in [-0.39, 0.29) is 42.1 Å². The summed E-state index contributed by atoms with van der Waals surface area (Å²) < 4.78 is 24.3. The Hall–Kier alpha value is -3.00. The summed E-state index contributed by atoms with van der Waals surface area (Å²) >= 11 is 0. The summed E-state index contributed by atoms with van der Waals surface area (Å²) in [6.45, 7) is 3.67. The Balaban J connectivity index is 2.56. The molecule has 0 aliphatic heterocycles. The average molecular weight is 376 g/mol. The summed E-state index contributed by atoms with van der Waals surface area (Å²) in [5, 5.41) is 2.41. The molecule has 144 valence electrons. The Labute approximate surface area is 155 Å². The molecule has 1 heterocycles. The van der Waals surface area contributed by atoms with E-state index in [2.05, 4.69) is 10.3 Å². The third kappa shape index (κ3) is 4.40. The topological polar surface area (TPSA) is 97.5 Å². The van der Waals surface area contributed by atoms with Gasteiger partial charge in [0.1, 0.15) is 11.5 Å². The van der Waals surface area contributed by atoms with E-state index in [1.165, 1.54) is 25.3 Å². The smallest absolute Gasteiger partial charge is 0.340 e. The van der Waals surface area contributed by atoms with E-state index in [4.69, 9.17) is 9.47 Å². The number of benzene rings is 1. The minimum Gasteiger partial charge on any atom is -0.462 e. The summed E-state index contributed by atoms with van der Waals surface area (Å²) in [6.07, 6.45) is 0.